The molecule has 2 amide bonds. The van der Waals surface area contributed by atoms with Gasteiger partial charge in [-0.1, -0.05) is 68.4 Å². The first-order valence-corrected chi connectivity index (χ1v) is 12.0. The molecule has 0 radical (unpaired) electrons. The number of carbonyl (C=O) groups is 1. The second kappa shape index (κ2) is 9.90. The summed E-state index contributed by atoms with van der Waals surface area (Å²) in [5, 5.41) is 15.3. The van der Waals surface area contributed by atoms with Crippen LogP contribution in [0.2, 0.25) is 0 Å². The molecule has 2 atom stereocenters. The van der Waals surface area contributed by atoms with Crippen LogP contribution in [0.25, 0.3) is 11.1 Å². The SMILES string of the molecule is Cc1c(NC(=O)NCC(C)O)c(C)c2c(c1-c1ccccc1)OCC2c1ccc(C(C)C)cc1. The number of anilines is 1. The molecule has 5 nitrogen and oxygen atoms in total. The lowest BCUT2D eigenvalue weighted by molar-refractivity contribution is 0.190. The van der Waals surface area contributed by atoms with E-state index in [0.717, 1.165) is 39.3 Å². The van der Waals surface area contributed by atoms with Crippen molar-refractivity contribution in [2.45, 2.75) is 52.6 Å². The van der Waals surface area contributed by atoms with Gasteiger partial charge in [0.2, 0.25) is 0 Å². The minimum absolute atomic E-state index is 0.0837. The molecule has 0 fully saturated rings. The zero-order chi connectivity index (χ0) is 24.4. The van der Waals surface area contributed by atoms with Crippen LogP contribution < -0.4 is 15.4 Å². The van der Waals surface area contributed by atoms with Crippen molar-refractivity contribution < 1.29 is 14.6 Å². The lowest BCUT2D eigenvalue weighted by atomic mass is 9.84. The highest BCUT2D eigenvalue weighted by molar-refractivity contribution is 5.95. The molecule has 1 aliphatic heterocycles. The minimum atomic E-state index is -0.612. The third kappa shape index (κ3) is 4.66. The number of benzene rings is 3. The van der Waals surface area contributed by atoms with Crippen LogP contribution in [0.4, 0.5) is 10.5 Å². The van der Waals surface area contributed by atoms with Gasteiger partial charge in [-0.15, -0.1) is 0 Å². The molecule has 3 aromatic rings. The van der Waals surface area contributed by atoms with E-state index in [-0.39, 0.29) is 18.5 Å². The van der Waals surface area contributed by atoms with Crippen molar-refractivity contribution in [3.63, 3.8) is 0 Å². The predicted octanol–water partition coefficient (Wildman–Crippen LogP) is 6.12. The predicted molar refractivity (Wildman–Crippen MR) is 138 cm³/mol. The molecule has 0 saturated carbocycles. The fraction of sp³-hybridized carbons (Fsp3) is 0.345. The Balaban J connectivity index is 1.83. The van der Waals surface area contributed by atoms with E-state index in [0.29, 0.717) is 12.5 Å². The summed E-state index contributed by atoms with van der Waals surface area (Å²) in [6.07, 6.45) is -0.612. The molecule has 4 rings (SSSR count). The molecule has 5 heteroatoms. The molecule has 178 valence electrons. The summed E-state index contributed by atoms with van der Waals surface area (Å²) < 4.78 is 6.37. The Bertz CT molecular complexity index is 1170. The number of carbonyl (C=O) groups excluding carboxylic acids is 1. The molecule has 0 aliphatic carbocycles. The Morgan fingerprint density at radius 1 is 1.03 bits per heavy atom. The number of urea groups is 1. The number of hydrogen-bond acceptors (Lipinski definition) is 3. The van der Waals surface area contributed by atoms with Gasteiger partial charge in [-0.2, -0.15) is 0 Å². The number of amides is 2. The number of nitrogens with one attached hydrogen (secondary N) is 2. The second-order valence-electron chi connectivity index (χ2n) is 9.48. The van der Waals surface area contributed by atoms with Gasteiger partial charge < -0.3 is 20.5 Å². The average molecular weight is 459 g/mol. The minimum Gasteiger partial charge on any atom is -0.492 e. The molecule has 0 saturated heterocycles. The third-order valence-electron chi connectivity index (χ3n) is 6.61. The Morgan fingerprint density at radius 3 is 2.32 bits per heavy atom. The first-order chi connectivity index (χ1) is 16.3. The Hall–Kier alpha value is -3.31. The van der Waals surface area contributed by atoms with Gasteiger partial charge in [-0.25, -0.2) is 4.79 Å². The topological polar surface area (TPSA) is 70.6 Å². The van der Waals surface area contributed by atoms with E-state index >= 15 is 0 Å². The van der Waals surface area contributed by atoms with Crippen LogP contribution in [-0.4, -0.2) is 30.4 Å². The van der Waals surface area contributed by atoms with E-state index in [9.17, 15) is 9.90 Å². The van der Waals surface area contributed by atoms with Gasteiger partial charge in [0.05, 0.1) is 12.7 Å². The van der Waals surface area contributed by atoms with Gasteiger partial charge in [-0.3, -0.25) is 0 Å². The van der Waals surface area contributed by atoms with Gasteiger partial charge in [0.15, 0.2) is 0 Å². The molecule has 1 aliphatic rings. The molecule has 0 spiro atoms. The van der Waals surface area contributed by atoms with Crippen molar-refractivity contribution in [2.24, 2.45) is 0 Å². The quantitative estimate of drug-likeness (QED) is 0.417. The fourth-order valence-electron chi connectivity index (χ4n) is 4.75. The monoisotopic (exact) mass is 458 g/mol. The van der Waals surface area contributed by atoms with E-state index < -0.39 is 6.10 Å². The van der Waals surface area contributed by atoms with Crippen molar-refractivity contribution in [1.82, 2.24) is 5.32 Å². The van der Waals surface area contributed by atoms with Gasteiger partial charge in [-0.05, 0) is 54.5 Å². The molecule has 3 N–H and O–H groups in total. The van der Waals surface area contributed by atoms with Crippen LogP contribution >= 0.6 is 0 Å². The zero-order valence-electron chi connectivity index (χ0n) is 20.6. The van der Waals surface area contributed by atoms with E-state index in [2.05, 4.69) is 67.8 Å². The van der Waals surface area contributed by atoms with Crippen LogP contribution in [0.3, 0.4) is 0 Å². The molecule has 34 heavy (non-hydrogen) atoms. The maximum atomic E-state index is 12.7. The number of ether oxygens (including phenoxy) is 1. The normalized spacial score (nSPS) is 15.6. The summed E-state index contributed by atoms with van der Waals surface area (Å²) >= 11 is 0. The molecule has 1 heterocycles. The maximum Gasteiger partial charge on any atom is 0.319 e. The Labute approximate surface area is 202 Å². The van der Waals surface area contributed by atoms with Crippen molar-refractivity contribution in [2.75, 3.05) is 18.5 Å². The number of aliphatic hydroxyl groups excluding tert-OH is 1. The van der Waals surface area contributed by atoms with Crippen molar-refractivity contribution in [1.29, 1.82) is 0 Å². The van der Waals surface area contributed by atoms with E-state index in [1.54, 1.807) is 6.92 Å². The summed E-state index contributed by atoms with van der Waals surface area (Å²) in [4.78, 5) is 12.7. The summed E-state index contributed by atoms with van der Waals surface area (Å²) in [6.45, 7) is 10.9. The Morgan fingerprint density at radius 2 is 1.71 bits per heavy atom. The highest BCUT2D eigenvalue weighted by Gasteiger charge is 2.33. The zero-order valence-corrected chi connectivity index (χ0v) is 20.6. The van der Waals surface area contributed by atoms with Crippen LogP contribution in [0, 0.1) is 13.8 Å². The highest BCUT2D eigenvalue weighted by Crippen LogP contribution is 2.50. The van der Waals surface area contributed by atoms with Crippen molar-refractivity contribution >= 4 is 11.7 Å². The summed E-state index contributed by atoms with van der Waals surface area (Å²) in [5.74, 6) is 1.46. The number of fused-ring (bicyclic) bond motifs is 1. The number of hydrogen-bond donors (Lipinski definition) is 3. The lowest BCUT2D eigenvalue weighted by Gasteiger charge is -2.22. The second-order valence-corrected chi connectivity index (χ2v) is 9.48. The van der Waals surface area contributed by atoms with Gasteiger partial charge in [0, 0.05) is 29.3 Å². The smallest absolute Gasteiger partial charge is 0.319 e. The maximum absolute atomic E-state index is 12.7. The van der Waals surface area contributed by atoms with E-state index in [1.165, 1.54) is 11.1 Å². The highest BCUT2D eigenvalue weighted by atomic mass is 16.5. The molecule has 3 aromatic carbocycles. The number of rotatable bonds is 6. The lowest BCUT2D eigenvalue weighted by Crippen LogP contribution is -2.34. The standard InChI is InChI=1S/C29H34N2O3/c1-17(2)21-11-13-22(14-12-21)24-16-34-28-25(23-9-7-6-8-10-23)19(4)27(20(5)26(24)28)31-29(33)30-15-18(3)32/h6-14,17-18,24,32H,15-16H2,1-5H3,(H2,30,31,33). The summed E-state index contributed by atoms with van der Waals surface area (Å²) in [7, 11) is 0. The van der Waals surface area contributed by atoms with Crippen LogP contribution in [0.5, 0.6) is 5.75 Å². The van der Waals surface area contributed by atoms with Crippen LogP contribution in [0.15, 0.2) is 54.6 Å². The molecule has 2 unspecified atom stereocenters. The molecular formula is C29H34N2O3. The summed E-state index contributed by atoms with van der Waals surface area (Å²) in [5.41, 5.74) is 8.46. The van der Waals surface area contributed by atoms with Crippen molar-refractivity contribution in [3.05, 3.63) is 82.4 Å². The van der Waals surface area contributed by atoms with Crippen molar-refractivity contribution in [3.8, 4) is 16.9 Å². The summed E-state index contributed by atoms with van der Waals surface area (Å²) in [6, 6.07) is 18.6. The van der Waals surface area contributed by atoms with E-state index in [4.69, 9.17) is 4.74 Å². The largest absolute Gasteiger partial charge is 0.492 e. The first kappa shape index (κ1) is 23.8. The third-order valence-corrected chi connectivity index (χ3v) is 6.61. The van der Waals surface area contributed by atoms with Gasteiger partial charge >= 0.3 is 6.03 Å². The van der Waals surface area contributed by atoms with Gasteiger partial charge in [0.25, 0.3) is 0 Å². The van der Waals surface area contributed by atoms with Crippen LogP contribution in [-0.2, 0) is 0 Å². The average Bonchev–Trinajstić information content (AvgIpc) is 3.26. The first-order valence-electron chi connectivity index (χ1n) is 12.0. The fourth-order valence-corrected chi connectivity index (χ4v) is 4.75. The molecular weight excluding hydrogens is 424 g/mol. The number of aliphatic hydroxyl groups is 1. The molecule has 0 bridgehead atoms. The van der Waals surface area contributed by atoms with Gasteiger partial charge in [0.1, 0.15) is 5.75 Å². The van der Waals surface area contributed by atoms with Crippen LogP contribution in [0.1, 0.15) is 60.4 Å². The Kier molecular flexibility index (Phi) is 6.94. The molecule has 0 aromatic heterocycles. The van der Waals surface area contributed by atoms with E-state index in [1.807, 2.05) is 25.1 Å².